The third-order valence-corrected chi connectivity index (χ3v) is 5.42. The number of nitrogens with zero attached hydrogens (tertiary/aromatic N) is 3. The molecule has 0 radical (unpaired) electrons. The van der Waals surface area contributed by atoms with Crippen LogP contribution in [0.2, 0.25) is 0 Å². The molecule has 0 aromatic heterocycles. The van der Waals surface area contributed by atoms with Gasteiger partial charge < -0.3 is 20.4 Å². The monoisotopic (exact) mass is 521 g/mol. The van der Waals surface area contributed by atoms with Crippen LogP contribution in [-0.2, 0) is 4.79 Å². The average Bonchev–Trinajstić information content (AvgIpc) is 2.71. The van der Waals surface area contributed by atoms with Gasteiger partial charge in [-0.3, -0.25) is 9.79 Å². The first-order valence-corrected chi connectivity index (χ1v) is 10.0. The molecule has 1 heterocycles. The summed E-state index contributed by atoms with van der Waals surface area (Å²) in [6.07, 6.45) is 5.72. The Morgan fingerprint density at radius 1 is 1.14 bits per heavy atom. The average molecular weight is 521 g/mol. The van der Waals surface area contributed by atoms with Gasteiger partial charge in [0.2, 0.25) is 5.91 Å². The van der Waals surface area contributed by atoms with Gasteiger partial charge in [0.1, 0.15) is 11.6 Å². The standard InChI is InChI=1S/C20H29F2N5O.HI/c1-23-20(24-14-19(28)25-16-5-3-2-4-6-16)27-11-9-26(10-12-27)18-13-15(21)7-8-17(18)22;/h7-8,13,16H,2-6,9-12,14H2,1H3,(H,23,24)(H,25,28);1H. The number of benzene rings is 1. The second kappa shape index (κ2) is 11.5. The number of aliphatic imine (C=N–C) groups is 1. The van der Waals surface area contributed by atoms with Gasteiger partial charge >= 0.3 is 0 Å². The molecule has 2 aliphatic rings. The van der Waals surface area contributed by atoms with Crippen molar-refractivity contribution in [2.24, 2.45) is 4.99 Å². The van der Waals surface area contributed by atoms with E-state index in [0.29, 0.717) is 32.1 Å². The second-order valence-corrected chi connectivity index (χ2v) is 7.37. The zero-order valence-corrected chi connectivity index (χ0v) is 19.1. The van der Waals surface area contributed by atoms with Crippen LogP contribution in [0.4, 0.5) is 14.5 Å². The lowest BCUT2D eigenvalue weighted by Gasteiger charge is -2.37. The molecule has 3 rings (SSSR count). The Hall–Kier alpha value is -1.65. The molecule has 1 aromatic carbocycles. The summed E-state index contributed by atoms with van der Waals surface area (Å²) < 4.78 is 27.4. The fourth-order valence-corrected chi connectivity index (χ4v) is 3.90. The highest BCUT2D eigenvalue weighted by Crippen LogP contribution is 2.22. The number of amides is 1. The number of rotatable bonds is 4. The molecule has 9 heteroatoms. The predicted molar refractivity (Wildman–Crippen MR) is 122 cm³/mol. The van der Waals surface area contributed by atoms with Crippen LogP contribution >= 0.6 is 24.0 Å². The van der Waals surface area contributed by atoms with Crippen molar-refractivity contribution < 1.29 is 13.6 Å². The zero-order chi connectivity index (χ0) is 19.9. The van der Waals surface area contributed by atoms with Gasteiger partial charge in [-0.2, -0.15) is 0 Å². The first kappa shape index (κ1) is 23.6. The summed E-state index contributed by atoms with van der Waals surface area (Å²) in [6, 6.07) is 3.80. The molecule has 1 saturated carbocycles. The highest BCUT2D eigenvalue weighted by Gasteiger charge is 2.23. The van der Waals surface area contributed by atoms with Crippen LogP contribution in [0.3, 0.4) is 0 Å². The molecule has 1 saturated heterocycles. The highest BCUT2D eigenvalue weighted by atomic mass is 127. The SMILES string of the molecule is CN=C(NCC(=O)NC1CCCCC1)N1CCN(c2cc(F)ccc2F)CC1.I. The van der Waals surface area contributed by atoms with Gasteiger partial charge in [-0.15, -0.1) is 24.0 Å². The highest BCUT2D eigenvalue weighted by molar-refractivity contribution is 14.0. The minimum absolute atomic E-state index is 0. The molecule has 1 aliphatic carbocycles. The maximum atomic E-state index is 14.0. The van der Waals surface area contributed by atoms with Crippen LogP contribution in [0.25, 0.3) is 0 Å². The summed E-state index contributed by atoms with van der Waals surface area (Å²) in [5.41, 5.74) is 0.287. The molecular formula is C20H30F2IN5O. The summed E-state index contributed by atoms with van der Waals surface area (Å²) in [7, 11) is 1.68. The Balaban J connectivity index is 0.00000300. The number of carbonyl (C=O) groups excluding carboxylic acids is 1. The molecule has 1 aromatic rings. The van der Waals surface area contributed by atoms with Crippen LogP contribution in [-0.4, -0.2) is 62.6 Å². The lowest BCUT2D eigenvalue weighted by molar-refractivity contribution is -0.120. The third kappa shape index (κ3) is 6.68. The van der Waals surface area contributed by atoms with Gasteiger partial charge in [-0.25, -0.2) is 8.78 Å². The van der Waals surface area contributed by atoms with E-state index in [1.54, 1.807) is 7.05 Å². The smallest absolute Gasteiger partial charge is 0.239 e. The van der Waals surface area contributed by atoms with Crippen molar-refractivity contribution in [2.75, 3.05) is 44.7 Å². The fraction of sp³-hybridized carbons (Fsp3) is 0.600. The molecule has 0 unspecified atom stereocenters. The number of anilines is 1. The van der Waals surface area contributed by atoms with Crippen molar-refractivity contribution in [3.05, 3.63) is 29.8 Å². The number of hydrogen-bond acceptors (Lipinski definition) is 3. The molecule has 0 atom stereocenters. The number of guanidine groups is 1. The van der Waals surface area contributed by atoms with E-state index in [4.69, 9.17) is 0 Å². The lowest BCUT2D eigenvalue weighted by Crippen LogP contribution is -2.54. The lowest BCUT2D eigenvalue weighted by atomic mass is 9.95. The summed E-state index contributed by atoms with van der Waals surface area (Å²) in [6.45, 7) is 2.51. The first-order valence-electron chi connectivity index (χ1n) is 10.0. The maximum absolute atomic E-state index is 14.0. The molecule has 0 spiro atoms. The maximum Gasteiger partial charge on any atom is 0.239 e. The fourth-order valence-electron chi connectivity index (χ4n) is 3.90. The summed E-state index contributed by atoms with van der Waals surface area (Å²) in [5, 5.41) is 6.20. The minimum Gasteiger partial charge on any atom is -0.366 e. The largest absolute Gasteiger partial charge is 0.366 e. The Morgan fingerprint density at radius 3 is 2.48 bits per heavy atom. The molecule has 1 amide bonds. The van der Waals surface area contributed by atoms with Crippen LogP contribution in [0.15, 0.2) is 23.2 Å². The third-order valence-electron chi connectivity index (χ3n) is 5.42. The summed E-state index contributed by atoms with van der Waals surface area (Å²) in [5.74, 6) is -0.233. The van der Waals surface area contributed by atoms with Gasteiger partial charge in [0.25, 0.3) is 0 Å². The van der Waals surface area contributed by atoms with E-state index < -0.39 is 11.6 Å². The van der Waals surface area contributed by atoms with Gasteiger partial charge in [-0.1, -0.05) is 19.3 Å². The van der Waals surface area contributed by atoms with Crippen molar-refractivity contribution in [3.63, 3.8) is 0 Å². The molecule has 1 aliphatic heterocycles. The number of piperazine rings is 1. The first-order chi connectivity index (χ1) is 13.6. The van der Waals surface area contributed by atoms with Crippen molar-refractivity contribution in [2.45, 2.75) is 38.1 Å². The van der Waals surface area contributed by atoms with Gasteiger partial charge in [0.05, 0.1) is 12.2 Å². The number of halogens is 3. The quantitative estimate of drug-likeness (QED) is 0.364. The van der Waals surface area contributed by atoms with Gasteiger partial charge in [-0.05, 0) is 25.0 Å². The van der Waals surface area contributed by atoms with E-state index in [0.717, 1.165) is 25.0 Å². The van der Waals surface area contributed by atoms with Gasteiger partial charge in [0.15, 0.2) is 5.96 Å². The van der Waals surface area contributed by atoms with E-state index in [1.807, 2.05) is 9.80 Å². The van der Waals surface area contributed by atoms with Crippen LogP contribution in [0, 0.1) is 11.6 Å². The topological polar surface area (TPSA) is 60.0 Å². The molecule has 6 nitrogen and oxygen atoms in total. The summed E-state index contributed by atoms with van der Waals surface area (Å²) in [4.78, 5) is 20.3. The van der Waals surface area contributed by atoms with Crippen molar-refractivity contribution >= 4 is 41.5 Å². The number of hydrogen-bond donors (Lipinski definition) is 2. The summed E-state index contributed by atoms with van der Waals surface area (Å²) >= 11 is 0. The zero-order valence-electron chi connectivity index (χ0n) is 16.8. The Kier molecular flexibility index (Phi) is 9.38. The molecule has 162 valence electrons. The van der Waals surface area contributed by atoms with E-state index in [-0.39, 0.29) is 48.2 Å². The van der Waals surface area contributed by atoms with Crippen LogP contribution in [0.1, 0.15) is 32.1 Å². The Bertz CT molecular complexity index is 704. The Morgan fingerprint density at radius 2 is 1.83 bits per heavy atom. The molecular weight excluding hydrogens is 491 g/mol. The molecule has 2 N–H and O–H groups in total. The minimum atomic E-state index is -0.444. The number of carbonyl (C=O) groups is 1. The molecule has 29 heavy (non-hydrogen) atoms. The normalized spacial score (nSPS) is 18.2. The predicted octanol–water partition coefficient (Wildman–Crippen LogP) is 2.73. The van der Waals surface area contributed by atoms with E-state index in [9.17, 15) is 13.6 Å². The van der Waals surface area contributed by atoms with Crippen LogP contribution in [0.5, 0.6) is 0 Å². The van der Waals surface area contributed by atoms with E-state index in [2.05, 4.69) is 15.6 Å². The Labute approximate surface area is 188 Å². The van der Waals surface area contributed by atoms with Gasteiger partial charge in [0, 0.05) is 45.3 Å². The second-order valence-electron chi connectivity index (χ2n) is 7.37. The van der Waals surface area contributed by atoms with Crippen molar-refractivity contribution in [3.8, 4) is 0 Å². The molecule has 0 bridgehead atoms. The molecule has 2 fully saturated rings. The van der Waals surface area contributed by atoms with Crippen LogP contribution < -0.4 is 15.5 Å². The number of nitrogens with one attached hydrogen (secondary N) is 2. The van der Waals surface area contributed by atoms with E-state index >= 15 is 0 Å². The van der Waals surface area contributed by atoms with Crippen molar-refractivity contribution in [1.29, 1.82) is 0 Å². The van der Waals surface area contributed by atoms with E-state index in [1.165, 1.54) is 25.3 Å². The van der Waals surface area contributed by atoms with Crippen molar-refractivity contribution in [1.82, 2.24) is 15.5 Å².